The number of nitrogens with one attached hydrogen (secondary N) is 1. The summed E-state index contributed by atoms with van der Waals surface area (Å²) in [5.74, 6) is 1.09. The minimum Gasteiger partial charge on any atom is -0.465 e. The van der Waals surface area contributed by atoms with E-state index in [1.807, 2.05) is 41.3 Å². The van der Waals surface area contributed by atoms with Gasteiger partial charge in [0.1, 0.15) is 5.25 Å². The lowest BCUT2D eigenvalue weighted by molar-refractivity contribution is -0.137. The number of carbonyl (C=O) groups is 3. The van der Waals surface area contributed by atoms with Gasteiger partial charge in [-0.3, -0.25) is 19.4 Å². The average Bonchev–Trinajstić information content (AvgIpc) is 3.40. The summed E-state index contributed by atoms with van der Waals surface area (Å²) in [6.45, 7) is 2.23. The van der Waals surface area contributed by atoms with Gasteiger partial charge < -0.3 is 20.7 Å². The van der Waals surface area contributed by atoms with Gasteiger partial charge in [-0.1, -0.05) is 18.2 Å². The number of hydrogen-bond acceptors (Lipinski definition) is 7. The molecule has 39 heavy (non-hydrogen) atoms. The van der Waals surface area contributed by atoms with Gasteiger partial charge in [0, 0.05) is 55.3 Å². The summed E-state index contributed by atoms with van der Waals surface area (Å²) in [6, 6.07) is 16.4. The largest absolute Gasteiger partial charge is 0.465 e. The summed E-state index contributed by atoms with van der Waals surface area (Å²) in [4.78, 5) is 43.9. The fourth-order valence-electron chi connectivity index (χ4n) is 4.99. The molecule has 8 nitrogen and oxygen atoms in total. The quantitative estimate of drug-likeness (QED) is 0.405. The van der Waals surface area contributed by atoms with E-state index in [9.17, 15) is 14.4 Å². The maximum Gasteiger partial charge on any atom is 0.319 e. The van der Waals surface area contributed by atoms with Gasteiger partial charge >= 0.3 is 5.97 Å². The van der Waals surface area contributed by atoms with Gasteiger partial charge in [0.15, 0.2) is 0 Å². The lowest BCUT2D eigenvalue weighted by atomic mass is 9.94. The maximum atomic E-state index is 13.4. The fourth-order valence-corrected chi connectivity index (χ4v) is 6.29. The van der Waals surface area contributed by atoms with E-state index in [0.717, 1.165) is 41.7 Å². The van der Waals surface area contributed by atoms with Crippen molar-refractivity contribution in [2.24, 2.45) is 11.7 Å². The molecule has 0 bridgehead atoms. The van der Waals surface area contributed by atoms with E-state index in [-0.39, 0.29) is 23.0 Å². The summed E-state index contributed by atoms with van der Waals surface area (Å²) < 4.78 is 5.06. The smallest absolute Gasteiger partial charge is 0.319 e. The number of nitrogens with two attached hydrogens (primary N) is 1. The maximum absolute atomic E-state index is 13.4. The molecule has 0 spiro atoms. The third kappa shape index (κ3) is 6.49. The number of piperidine rings is 1. The zero-order valence-corrected chi connectivity index (χ0v) is 22.5. The van der Waals surface area contributed by atoms with E-state index in [2.05, 4.69) is 10.3 Å². The number of ether oxygens (including phenoxy) is 1. The molecule has 1 atom stereocenters. The molecule has 2 saturated heterocycles. The van der Waals surface area contributed by atoms with Gasteiger partial charge in [-0.05, 0) is 77.6 Å². The predicted octanol–water partition coefficient (Wildman–Crippen LogP) is 4.36. The van der Waals surface area contributed by atoms with Crippen molar-refractivity contribution in [3.05, 3.63) is 83.7 Å². The topological polar surface area (TPSA) is 115 Å². The summed E-state index contributed by atoms with van der Waals surface area (Å²) in [5.41, 5.74) is 10.4. The van der Waals surface area contributed by atoms with Crippen molar-refractivity contribution in [2.45, 2.75) is 31.1 Å². The molecular formula is C30H32N4O4S. The number of nitrogens with zero attached hydrogens (tertiary/aromatic N) is 2. The van der Waals surface area contributed by atoms with Crippen LogP contribution in [0.1, 0.15) is 45.5 Å². The number of rotatable bonds is 8. The fraction of sp³-hybridized carbons (Fsp3) is 0.333. The summed E-state index contributed by atoms with van der Waals surface area (Å²) in [7, 11) is 0. The molecule has 2 aliphatic heterocycles. The zero-order chi connectivity index (χ0) is 27.2. The first-order valence-corrected chi connectivity index (χ1v) is 14.3. The normalized spacial score (nSPS) is 17.6. The van der Waals surface area contributed by atoms with E-state index in [0.29, 0.717) is 49.0 Å². The second-order valence-electron chi connectivity index (χ2n) is 9.86. The minimum atomic E-state index is -0.232. The van der Waals surface area contributed by atoms with Gasteiger partial charge in [0.2, 0.25) is 0 Å². The van der Waals surface area contributed by atoms with Crippen LogP contribution in [0.25, 0.3) is 11.1 Å². The first-order chi connectivity index (χ1) is 19.0. The first-order valence-electron chi connectivity index (χ1n) is 13.2. The number of carbonyl (C=O) groups excluding carboxylic acids is 3. The number of thioether (sulfide) groups is 1. The standard InChI is InChI=1S/C30H32N4O4S/c31-18-24-5-4-22(28(35)33-25-6-11-32-12-7-25)17-26(24)21-2-1-3-23(16-21)29(36)34-13-8-20(9-14-34)19-39-27-10-15-38-30(27)37/h1-7,11-12,16-17,20,27H,8-10,13-15,18-19,31H2,(H,32,33,35). The Labute approximate surface area is 232 Å². The molecule has 202 valence electrons. The van der Waals surface area contributed by atoms with E-state index in [1.165, 1.54) is 0 Å². The van der Waals surface area contributed by atoms with E-state index < -0.39 is 0 Å². The SMILES string of the molecule is NCc1ccc(C(=O)Nc2ccncc2)cc1-c1cccc(C(=O)N2CCC(CSC3CCOC3=O)CC2)c1. The number of cyclic esters (lactones) is 1. The number of likely N-dealkylation sites (tertiary alicyclic amines) is 1. The second-order valence-corrected chi connectivity index (χ2v) is 11.1. The van der Waals surface area contributed by atoms with Gasteiger partial charge in [0.05, 0.1) is 6.61 Å². The van der Waals surface area contributed by atoms with Crippen molar-refractivity contribution >= 4 is 35.2 Å². The Hall–Kier alpha value is -3.69. The Bertz CT molecular complexity index is 1340. The third-order valence-electron chi connectivity index (χ3n) is 7.27. The second kappa shape index (κ2) is 12.4. The van der Waals surface area contributed by atoms with Gasteiger partial charge in [0.25, 0.3) is 11.8 Å². The predicted molar refractivity (Wildman–Crippen MR) is 152 cm³/mol. The number of amides is 2. The van der Waals surface area contributed by atoms with Crippen LogP contribution in [0, 0.1) is 5.92 Å². The number of aromatic nitrogens is 1. The van der Waals surface area contributed by atoms with Crippen LogP contribution in [0.2, 0.25) is 0 Å². The highest BCUT2D eigenvalue weighted by Gasteiger charge is 2.29. The Morgan fingerprint density at radius 3 is 2.54 bits per heavy atom. The van der Waals surface area contributed by atoms with Crippen LogP contribution in [-0.2, 0) is 16.1 Å². The van der Waals surface area contributed by atoms with Crippen LogP contribution >= 0.6 is 11.8 Å². The number of pyridine rings is 1. The first kappa shape index (κ1) is 26.9. The van der Waals surface area contributed by atoms with Crippen molar-refractivity contribution in [2.75, 3.05) is 30.8 Å². The molecule has 0 radical (unpaired) electrons. The van der Waals surface area contributed by atoms with E-state index in [4.69, 9.17) is 10.5 Å². The summed E-state index contributed by atoms with van der Waals surface area (Å²) in [6.07, 6.45) is 5.88. The molecule has 3 aromatic rings. The lowest BCUT2D eigenvalue weighted by Gasteiger charge is -2.32. The van der Waals surface area contributed by atoms with Crippen LogP contribution < -0.4 is 11.1 Å². The molecule has 2 amide bonds. The Morgan fingerprint density at radius 1 is 1.03 bits per heavy atom. The number of hydrogen-bond donors (Lipinski definition) is 2. The van der Waals surface area contributed by atoms with E-state index in [1.54, 1.807) is 42.4 Å². The highest BCUT2D eigenvalue weighted by Crippen LogP contribution is 2.30. The molecule has 1 aromatic heterocycles. The molecule has 0 aliphatic carbocycles. The van der Waals surface area contributed by atoms with Gasteiger partial charge in [-0.25, -0.2) is 0 Å². The summed E-state index contributed by atoms with van der Waals surface area (Å²) in [5, 5.41) is 2.85. The summed E-state index contributed by atoms with van der Waals surface area (Å²) >= 11 is 1.69. The Balaban J connectivity index is 1.25. The van der Waals surface area contributed by atoms with Crippen molar-refractivity contribution in [1.82, 2.24) is 9.88 Å². The van der Waals surface area contributed by atoms with Crippen LogP contribution in [0.15, 0.2) is 67.0 Å². The molecule has 0 saturated carbocycles. The van der Waals surface area contributed by atoms with Gasteiger partial charge in [-0.15, -0.1) is 11.8 Å². The average molecular weight is 545 g/mol. The Kier molecular flexibility index (Phi) is 8.58. The third-order valence-corrected chi connectivity index (χ3v) is 8.77. The van der Waals surface area contributed by atoms with Crippen molar-refractivity contribution in [3.8, 4) is 11.1 Å². The van der Waals surface area contributed by atoms with Crippen molar-refractivity contribution in [1.29, 1.82) is 0 Å². The molecule has 2 aromatic carbocycles. The molecule has 3 heterocycles. The molecule has 2 fully saturated rings. The Morgan fingerprint density at radius 2 is 1.82 bits per heavy atom. The monoisotopic (exact) mass is 544 g/mol. The van der Waals surface area contributed by atoms with E-state index >= 15 is 0 Å². The molecule has 9 heteroatoms. The molecular weight excluding hydrogens is 512 g/mol. The van der Waals surface area contributed by atoms with Crippen LogP contribution in [-0.4, -0.2) is 58.4 Å². The van der Waals surface area contributed by atoms with Crippen molar-refractivity contribution in [3.63, 3.8) is 0 Å². The van der Waals surface area contributed by atoms with Crippen molar-refractivity contribution < 1.29 is 19.1 Å². The molecule has 1 unspecified atom stereocenters. The number of esters is 1. The molecule has 5 rings (SSSR count). The number of anilines is 1. The highest BCUT2D eigenvalue weighted by molar-refractivity contribution is 8.00. The van der Waals surface area contributed by atoms with Gasteiger partial charge in [-0.2, -0.15) is 0 Å². The molecule has 3 N–H and O–H groups in total. The molecule has 2 aliphatic rings. The van der Waals surface area contributed by atoms with Crippen LogP contribution in [0.3, 0.4) is 0 Å². The van der Waals surface area contributed by atoms with Crippen LogP contribution in [0.5, 0.6) is 0 Å². The lowest BCUT2D eigenvalue weighted by Crippen LogP contribution is -2.39. The van der Waals surface area contributed by atoms with Crippen LogP contribution in [0.4, 0.5) is 5.69 Å². The minimum absolute atomic E-state index is 0.00297. The number of benzene rings is 2. The highest BCUT2D eigenvalue weighted by atomic mass is 32.2. The zero-order valence-electron chi connectivity index (χ0n) is 21.7.